The Morgan fingerprint density at radius 1 is 1.15 bits per heavy atom. The summed E-state index contributed by atoms with van der Waals surface area (Å²) in [6, 6.07) is 8.34. The van der Waals surface area contributed by atoms with Gasteiger partial charge in [-0.1, -0.05) is 30.3 Å². The van der Waals surface area contributed by atoms with E-state index in [0.717, 1.165) is 10.5 Å². The monoisotopic (exact) mass is 362 g/mol. The van der Waals surface area contributed by atoms with Crippen LogP contribution in [0.1, 0.15) is 37.7 Å². The highest BCUT2D eigenvalue weighted by molar-refractivity contribution is 5.97. The number of piperidine rings is 1. The Labute approximate surface area is 151 Å². The summed E-state index contributed by atoms with van der Waals surface area (Å²) in [7, 11) is 0. The zero-order valence-electron chi connectivity index (χ0n) is 14.3. The number of carboxylic acids is 1. The number of nitrogens with zero attached hydrogens (tertiary/aromatic N) is 1. The van der Waals surface area contributed by atoms with Crippen molar-refractivity contribution in [1.82, 2.24) is 10.2 Å². The number of carbonyl (C=O) groups is 4. The predicted octanol–water partition coefficient (Wildman–Crippen LogP) is 1.69. The van der Waals surface area contributed by atoms with Crippen molar-refractivity contribution in [3.63, 3.8) is 0 Å². The lowest BCUT2D eigenvalue weighted by atomic mass is 10.1. The van der Waals surface area contributed by atoms with Crippen LogP contribution in [-0.4, -0.2) is 46.5 Å². The summed E-state index contributed by atoms with van der Waals surface area (Å²) in [6.07, 6.45) is 0.248. The first-order valence-corrected chi connectivity index (χ1v) is 8.48. The first-order valence-electron chi connectivity index (χ1n) is 8.48. The number of hydrogen-bond acceptors (Lipinski definition) is 5. The van der Waals surface area contributed by atoms with Crippen LogP contribution in [0.3, 0.4) is 0 Å². The van der Waals surface area contributed by atoms with Crippen LogP contribution in [0.4, 0.5) is 4.79 Å². The van der Waals surface area contributed by atoms with Gasteiger partial charge in [0, 0.05) is 25.4 Å². The molecular weight excluding hydrogens is 340 g/mol. The second kappa shape index (κ2) is 9.55. The maximum Gasteiger partial charge on any atom is 0.407 e. The molecule has 1 saturated heterocycles. The van der Waals surface area contributed by atoms with E-state index >= 15 is 0 Å². The number of carbonyl (C=O) groups excluding carboxylic acids is 3. The van der Waals surface area contributed by atoms with Gasteiger partial charge < -0.3 is 15.2 Å². The van der Waals surface area contributed by atoms with Gasteiger partial charge in [-0.2, -0.15) is 0 Å². The maximum atomic E-state index is 11.9. The number of benzene rings is 1. The Morgan fingerprint density at radius 2 is 1.81 bits per heavy atom. The topological polar surface area (TPSA) is 113 Å². The molecule has 1 heterocycles. The van der Waals surface area contributed by atoms with Crippen LogP contribution in [0.2, 0.25) is 0 Å². The van der Waals surface area contributed by atoms with Gasteiger partial charge in [-0.25, -0.2) is 4.79 Å². The van der Waals surface area contributed by atoms with E-state index in [1.807, 2.05) is 18.2 Å². The third-order valence-corrected chi connectivity index (χ3v) is 4.04. The Morgan fingerprint density at radius 3 is 2.42 bits per heavy atom. The fourth-order valence-electron chi connectivity index (χ4n) is 2.70. The molecular formula is C18H22N2O6. The largest absolute Gasteiger partial charge is 0.481 e. The number of nitrogens with one attached hydrogen (secondary N) is 1. The van der Waals surface area contributed by atoms with Crippen LogP contribution >= 0.6 is 0 Å². The summed E-state index contributed by atoms with van der Waals surface area (Å²) in [6.45, 7) is 0.143. The highest BCUT2D eigenvalue weighted by Crippen LogP contribution is 2.14. The van der Waals surface area contributed by atoms with Gasteiger partial charge >= 0.3 is 12.1 Å². The van der Waals surface area contributed by atoms with Crippen LogP contribution < -0.4 is 5.32 Å². The molecule has 8 nitrogen and oxygen atoms in total. The number of ether oxygens (including phenoxy) is 1. The van der Waals surface area contributed by atoms with Gasteiger partial charge in [-0.05, 0) is 18.4 Å². The van der Waals surface area contributed by atoms with E-state index in [4.69, 9.17) is 9.84 Å². The molecule has 1 atom stereocenters. The molecule has 1 aromatic rings. The number of aliphatic carboxylic acids is 1. The minimum Gasteiger partial charge on any atom is -0.481 e. The van der Waals surface area contributed by atoms with Gasteiger partial charge in [-0.15, -0.1) is 0 Å². The van der Waals surface area contributed by atoms with Crippen LogP contribution in [0.25, 0.3) is 0 Å². The molecule has 2 rings (SSSR count). The molecule has 1 aliphatic heterocycles. The number of likely N-dealkylation sites (tertiary alicyclic amines) is 1. The molecule has 0 spiro atoms. The molecule has 0 aromatic heterocycles. The number of imide groups is 1. The molecule has 1 fully saturated rings. The first-order chi connectivity index (χ1) is 12.5. The Balaban J connectivity index is 1.85. The Hall–Kier alpha value is -2.90. The molecule has 8 heteroatoms. The third kappa shape index (κ3) is 6.19. The van der Waals surface area contributed by atoms with Crippen molar-refractivity contribution in [2.45, 2.75) is 44.8 Å². The zero-order chi connectivity index (χ0) is 18.9. The van der Waals surface area contributed by atoms with Crippen molar-refractivity contribution >= 4 is 23.9 Å². The molecule has 0 bridgehead atoms. The summed E-state index contributed by atoms with van der Waals surface area (Å²) < 4.78 is 5.08. The summed E-state index contributed by atoms with van der Waals surface area (Å²) in [4.78, 5) is 47.7. The van der Waals surface area contributed by atoms with Gasteiger partial charge in [0.15, 0.2) is 0 Å². The standard InChI is InChI=1S/C18H22N2O6/c21-15-7-4-8-16(22)20(15)10-9-14(11-17(23)24)19-18(25)26-12-13-5-2-1-3-6-13/h1-3,5-6,14H,4,7-12H2,(H,19,25)(H,23,24). The average molecular weight is 362 g/mol. The molecule has 0 aliphatic carbocycles. The van der Waals surface area contributed by atoms with E-state index in [9.17, 15) is 19.2 Å². The van der Waals surface area contributed by atoms with Crippen LogP contribution in [0, 0.1) is 0 Å². The molecule has 3 amide bonds. The molecule has 1 aliphatic rings. The second-order valence-electron chi connectivity index (χ2n) is 6.08. The number of carboxylic acid groups (broad SMARTS) is 1. The van der Waals surface area contributed by atoms with Crippen molar-refractivity contribution in [2.75, 3.05) is 6.54 Å². The molecule has 0 radical (unpaired) electrons. The van der Waals surface area contributed by atoms with Crippen molar-refractivity contribution < 1.29 is 29.0 Å². The summed E-state index contributed by atoms with van der Waals surface area (Å²) in [5.41, 5.74) is 0.807. The minimum absolute atomic E-state index is 0.0650. The number of amides is 3. The zero-order valence-corrected chi connectivity index (χ0v) is 14.3. The molecule has 2 N–H and O–H groups in total. The fraction of sp³-hybridized carbons (Fsp3) is 0.444. The van der Waals surface area contributed by atoms with E-state index in [1.54, 1.807) is 12.1 Å². The lowest BCUT2D eigenvalue weighted by molar-refractivity contribution is -0.148. The van der Waals surface area contributed by atoms with Crippen molar-refractivity contribution in [1.29, 1.82) is 0 Å². The number of hydrogen-bond donors (Lipinski definition) is 2. The highest BCUT2D eigenvalue weighted by Gasteiger charge is 2.27. The smallest absolute Gasteiger partial charge is 0.407 e. The van der Waals surface area contributed by atoms with Crippen molar-refractivity contribution in [2.24, 2.45) is 0 Å². The molecule has 0 saturated carbocycles. The summed E-state index contributed by atoms with van der Waals surface area (Å²) in [5, 5.41) is 11.5. The predicted molar refractivity (Wildman–Crippen MR) is 91.0 cm³/mol. The molecule has 1 aromatic carbocycles. The fourth-order valence-corrected chi connectivity index (χ4v) is 2.70. The lowest BCUT2D eigenvalue weighted by Crippen LogP contribution is -2.44. The summed E-state index contributed by atoms with van der Waals surface area (Å²) >= 11 is 0. The van der Waals surface area contributed by atoms with Crippen LogP contribution in [0.15, 0.2) is 30.3 Å². The average Bonchev–Trinajstić information content (AvgIpc) is 2.60. The summed E-state index contributed by atoms with van der Waals surface area (Å²) in [5.74, 6) is -1.61. The Kier molecular flexibility index (Phi) is 7.13. The lowest BCUT2D eigenvalue weighted by Gasteiger charge is -2.26. The quantitative estimate of drug-likeness (QED) is 0.681. The van der Waals surface area contributed by atoms with Gasteiger partial charge in [-0.3, -0.25) is 19.3 Å². The van der Waals surface area contributed by atoms with Gasteiger partial charge in [0.05, 0.1) is 6.42 Å². The van der Waals surface area contributed by atoms with Gasteiger partial charge in [0.25, 0.3) is 0 Å². The third-order valence-electron chi connectivity index (χ3n) is 4.04. The van der Waals surface area contributed by atoms with E-state index in [0.29, 0.717) is 19.3 Å². The molecule has 140 valence electrons. The van der Waals surface area contributed by atoms with E-state index < -0.39 is 18.1 Å². The van der Waals surface area contributed by atoms with E-state index in [1.165, 1.54) is 0 Å². The normalized spacial score (nSPS) is 15.5. The van der Waals surface area contributed by atoms with Crippen molar-refractivity contribution in [3.05, 3.63) is 35.9 Å². The van der Waals surface area contributed by atoms with Gasteiger partial charge in [0.2, 0.25) is 11.8 Å². The molecule has 1 unspecified atom stereocenters. The van der Waals surface area contributed by atoms with Crippen LogP contribution in [-0.2, 0) is 25.7 Å². The SMILES string of the molecule is O=C(O)CC(CCN1C(=O)CCCC1=O)NC(=O)OCc1ccccc1. The van der Waals surface area contributed by atoms with E-state index in [-0.39, 0.29) is 37.8 Å². The highest BCUT2D eigenvalue weighted by atomic mass is 16.5. The number of rotatable bonds is 8. The molecule has 26 heavy (non-hydrogen) atoms. The van der Waals surface area contributed by atoms with Crippen LogP contribution in [0.5, 0.6) is 0 Å². The number of alkyl carbamates (subject to hydrolysis) is 1. The second-order valence-corrected chi connectivity index (χ2v) is 6.08. The first kappa shape index (κ1) is 19.4. The van der Waals surface area contributed by atoms with Crippen molar-refractivity contribution in [3.8, 4) is 0 Å². The Bertz CT molecular complexity index is 645. The van der Waals surface area contributed by atoms with E-state index in [2.05, 4.69) is 5.32 Å². The maximum absolute atomic E-state index is 11.9. The van der Waals surface area contributed by atoms with Gasteiger partial charge in [0.1, 0.15) is 6.61 Å². The minimum atomic E-state index is -1.09.